The third kappa shape index (κ3) is 0.553. The minimum absolute atomic E-state index is 0.0457. The van der Waals surface area contributed by atoms with E-state index in [4.69, 9.17) is 5.73 Å². The molecule has 2 N–H and O–H groups in total. The highest BCUT2D eigenvalue weighted by atomic mass is 16.1. The minimum atomic E-state index is 0.0457. The van der Waals surface area contributed by atoms with E-state index in [0.717, 1.165) is 19.3 Å². The third-order valence-electron chi connectivity index (χ3n) is 3.28. The van der Waals surface area contributed by atoms with Crippen LogP contribution in [0, 0.1) is 11.3 Å². The van der Waals surface area contributed by atoms with Crippen LogP contribution in [-0.4, -0.2) is 11.8 Å². The number of fused-ring (bicyclic) bond motifs is 1. The van der Waals surface area contributed by atoms with Gasteiger partial charge >= 0.3 is 0 Å². The lowest BCUT2D eigenvalue weighted by molar-refractivity contribution is -0.130. The van der Waals surface area contributed by atoms with Crippen molar-refractivity contribution < 1.29 is 4.79 Å². The molecule has 0 aromatic heterocycles. The zero-order valence-electron chi connectivity index (χ0n) is 6.26. The smallest absolute Gasteiger partial charge is 0.136 e. The second-order valence-electron chi connectivity index (χ2n) is 3.87. The molecule has 2 heteroatoms. The molecule has 3 saturated carbocycles. The first-order valence-corrected chi connectivity index (χ1v) is 3.91. The van der Waals surface area contributed by atoms with E-state index in [-0.39, 0.29) is 5.41 Å². The van der Waals surface area contributed by atoms with Gasteiger partial charge in [-0.15, -0.1) is 0 Å². The topological polar surface area (TPSA) is 43.1 Å². The number of Topliss-reactive ketones (excluding diaryl/α,β-unsaturated/α-hetero) is 1. The van der Waals surface area contributed by atoms with Crippen LogP contribution in [0.1, 0.15) is 26.2 Å². The van der Waals surface area contributed by atoms with Crippen LogP contribution in [-0.2, 0) is 4.79 Å². The van der Waals surface area contributed by atoms with E-state index in [9.17, 15) is 4.79 Å². The fourth-order valence-corrected chi connectivity index (χ4v) is 2.46. The van der Waals surface area contributed by atoms with Gasteiger partial charge in [0, 0.05) is 11.5 Å². The molecule has 0 spiro atoms. The maximum absolute atomic E-state index is 11.1. The van der Waals surface area contributed by atoms with Crippen molar-refractivity contribution >= 4 is 5.78 Å². The predicted molar refractivity (Wildman–Crippen MR) is 38.4 cm³/mol. The minimum Gasteiger partial charge on any atom is -0.327 e. The summed E-state index contributed by atoms with van der Waals surface area (Å²) in [4.78, 5) is 11.1. The van der Waals surface area contributed by atoms with Crippen molar-refractivity contribution in [2.75, 3.05) is 0 Å². The Morgan fingerprint density at radius 3 is 2.30 bits per heavy atom. The summed E-state index contributed by atoms with van der Waals surface area (Å²) >= 11 is 0. The Morgan fingerprint density at radius 2 is 2.10 bits per heavy atom. The highest BCUT2D eigenvalue weighted by Gasteiger charge is 2.57. The van der Waals surface area contributed by atoms with Gasteiger partial charge in [-0.05, 0) is 32.1 Å². The largest absolute Gasteiger partial charge is 0.327 e. The maximum Gasteiger partial charge on any atom is 0.136 e. The monoisotopic (exact) mass is 139 g/mol. The summed E-state index contributed by atoms with van der Waals surface area (Å²) in [5, 5.41) is 0. The number of hydrogen-bond acceptors (Lipinski definition) is 2. The first-order valence-electron chi connectivity index (χ1n) is 3.91. The highest BCUT2D eigenvalue weighted by Crippen LogP contribution is 2.58. The van der Waals surface area contributed by atoms with E-state index in [1.807, 2.05) is 0 Å². The number of carbonyl (C=O) groups is 1. The van der Waals surface area contributed by atoms with Crippen LogP contribution in [0.25, 0.3) is 0 Å². The summed E-state index contributed by atoms with van der Waals surface area (Å²) in [6.45, 7) is 1.70. The fraction of sp³-hybridized carbons (Fsp3) is 0.875. The lowest BCUT2D eigenvalue weighted by atomic mass is 9.67. The van der Waals surface area contributed by atoms with Crippen LogP contribution in [0.4, 0.5) is 0 Å². The van der Waals surface area contributed by atoms with E-state index < -0.39 is 0 Å². The summed E-state index contributed by atoms with van der Waals surface area (Å²) in [7, 11) is 0. The fourth-order valence-electron chi connectivity index (χ4n) is 2.46. The first-order chi connectivity index (χ1) is 4.64. The summed E-state index contributed by atoms with van der Waals surface area (Å²) in [5.74, 6) is 1.03. The van der Waals surface area contributed by atoms with E-state index in [0.29, 0.717) is 17.7 Å². The van der Waals surface area contributed by atoms with Crippen LogP contribution >= 0.6 is 0 Å². The Kier molecular flexibility index (Phi) is 1.03. The quantitative estimate of drug-likeness (QED) is 0.581. The molecule has 1 atom stereocenters. The molecule has 0 heterocycles. The molecule has 0 radical (unpaired) electrons. The summed E-state index contributed by atoms with van der Waals surface area (Å²) < 4.78 is 0. The van der Waals surface area contributed by atoms with Crippen molar-refractivity contribution in [2.24, 2.45) is 17.1 Å². The zero-order valence-corrected chi connectivity index (χ0v) is 6.26. The van der Waals surface area contributed by atoms with E-state index in [1.54, 1.807) is 6.92 Å². The molecule has 1 unspecified atom stereocenters. The van der Waals surface area contributed by atoms with Gasteiger partial charge in [0.1, 0.15) is 5.78 Å². The summed E-state index contributed by atoms with van der Waals surface area (Å²) in [6.07, 6.45) is 3.10. The van der Waals surface area contributed by atoms with E-state index >= 15 is 0 Å². The average Bonchev–Trinajstić information content (AvgIpc) is 2.16. The van der Waals surface area contributed by atoms with Gasteiger partial charge in [-0.25, -0.2) is 0 Å². The summed E-state index contributed by atoms with van der Waals surface area (Å²) in [6, 6.07) is 0.323. The third-order valence-corrected chi connectivity index (χ3v) is 3.28. The molecular weight excluding hydrogens is 126 g/mol. The Balaban J connectivity index is 2.18. The lowest BCUT2D eigenvalue weighted by Crippen LogP contribution is -2.35. The molecule has 2 nitrogen and oxygen atoms in total. The molecule has 56 valence electrons. The molecule has 3 rings (SSSR count). The zero-order chi connectivity index (χ0) is 7.35. The number of nitrogens with two attached hydrogens (primary N) is 1. The Bertz CT molecular complexity index is 182. The van der Waals surface area contributed by atoms with Crippen molar-refractivity contribution in [1.82, 2.24) is 0 Å². The SMILES string of the molecule is CC(=O)C12CC(N)C(C1)C2. The van der Waals surface area contributed by atoms with Crippen LogP contribution in [0.15, 0.2) is 0 Å². The summed E-state index contributed by atoms with van der Waals surface area (Å²) in [5.41, 5.74) is 5.84. The highest BCUT2D eigenvalue weighted by molar-refractivity contribution is 5.84. The van der Waals surface area contributed by atoms with Gasteiger partial charge in [0.15, 0.2) is 0 Å². The molecule has 0 aromatic rings. The maximum atomic E-state index is 11.1. The van der Waals surface area contributed by atoms with Crippen molar-refractivity contribution in [2.45, 2.75) is 32.2 Å². The van der Waals surface area contributed by atoms with Crippen LogP contribution in [0.2, 0.25) is 0 Å². The molecule has 0 amide bonds. The van der Waals surface area contributed by atoms with Crippen LogP contribution < -0.4 is 5.73 Å². The first kappa shape index (κ1) is 6.35. The van der Waals surface area contributed by atoms with Crippen molar-refractivity contribution in [3.05, 3.63) is 0 Å². The molecule has 0 aromatic carbocycles. The normalized spacial score (nSPS) is 50.6. The van der Waals surface area contributed by atoms with Gasteiger partial charge in [0.2, 0.25) is 0 Å². The van der Waals surface area contributed by atoms with Crippen LogP contribution in [0.5, 0.6) is 0 Å². The number of carbonyl (C=O) groups excluding carboxylic acids is 1. The molecular formula is C8H13NO. The van der Waals surface area contributed by atoms with Gasteiger partial charge in [0.05, 0.1) is 0 Å². The Morgan fingerprint density at radius 1 is 1.50 bits per heavy atom. The van der Waals surface area contributed by atoms with E-state index in [1.165, 1.54) is 0 Å². The van der Waals surface area contributed by atoms with Gasteiger partial charge in [0.25, 0.3) is 0 Å². The van der Waals surface area contributed by atoms with Gasteiger partial charge in [-0.1, -0.05) is 0 Å². The van der Waals surface area contributed by atoms with Crippen molar-refractivity contribution in [3.63, 3.8) is 0 Å². The molecule has 3 fully saturated rings. The average molecular weight is 139 g/mol. The molecule has 2 bridgehead atoms. The predicted octanol–water partition coefficient (Wildman–Crippen LogP) is 0.703. The van der Waals surface area contributed by atoms with Gasteiger partial charge in [-0.3, -0.25) is 4.79 Å². The Hall–Kier alpha value is -0.370. The lowest BCUT2D eigenvalue weighted by Gasteiger charge is -2.35. The molecule has 0 saturated heterocycles. The Labute approximate surface area is 60.8 Å². The number of ketones is 1. The molecule has 0 aliphatic heterocycles. The van der Waals surface area contributed by atoms with Crippen LogP contribution in [0.3, 0.4) is 0 Å². The molecule has 3 aliphatic carbocycles. The molecule has 3 aliphatic rings. The van der Waals surface area contributed by atoms with Crippen molar-refractivity contribution in [3.8, 4) is 0 Å². The second-order valence-corrected chi connectivity index (χ2v) is 3.87. The van der Waals surface area contributed by atoms with Crippen molar-refractivity contribution in [1.29, 1.82) is 0 Å². The standard InChI is InChI=1S/C8H13NO/c1-5(10)8-2-6(3-8)7(9)4-8/h6-7H,2-4,9H2,1H3. The molecule has 10 heavy (non-hydrogen) atoms. The second kappa shape index (κ2) is 1.62. The van der Waals surface area contributed by atoms with Gasteiger partial charge in [-0.2, -0.15) is 0 Å². The van der Waals surface area contributed by atoms with Gasteiger partial charge < -0.3 is 5.73 Å². The number of hydrogen-bond donors (Lipinski definition) is 1. The van der Waals surface area contributed by atoms with E-state index in [2.05, 4.69) is 0 Å². The number of rotatable bonds is 1.